The number of hydrogen-bond donors (Lipinski definition) is 3. The predicted molar refractivity (Wildman–Crippen MR) is 117 cm³/mol. The van der Waals surface area contributed by atoms with Crippen molar-refractivity contribution in [3.8, 4) is 11.3 Å². The number of anilines is 2. The molecule has 4 rings (SSSR count). The second-order valence-corrected chi connectivity index (χ2v) is 8.24. The van der Waals surface area contributed by atoms with Crippen LogP contribution in [0.25, 0.3) is 11.3 Å². The van der Waals surface area contributed by atoms with Crippen LogP contribution >= 0.6 is 11.6 Å². The van der Waals surface area contributed by atoms with Crippen LogP contribution in [0.5, 0.6) is 0 Å². The van der Waals surface area contributed by atoms with Crippen LogP contribution in [0.15, 0.2) is 24.7 Å². The van der Waals surface area contributed by atoms with Gasteiger partial charge in [-0.2, -0.15) is 0 Å². The highest BCUT2D eigenvalue weighted by atomic mass is 35.5. The number of pyridine rings is 1. The van der Waals surface area contributed by atoms with Gasteiger partial charge in [0.15, 0.2) is 0 Å². The number of carbonyl (C=O) groups excluding carboxylic acids is 1. The van der Waals surface area contributed by atoms with Crippen molar-refractivity contribution in [1.82, 2.24) is 20.3 Å². The molecular weight excluding hydrogens is 404 g/mol. The normalized spacial score (nSPS) is 21.8. The van der Waals surface area contributed by atoms with E-state index in [0.29, 0.717) is 40.4 Å². The minimum Gasteiger partial charge on any atom is -0.381 e. The van der Waals surface area contributed by atoms with Gasteiger partial charge in [-0.3, -0.25) is 9.78 Å². The van der Waals surface area contributed by atoms with E-state index in [2.05, 4.69) is 30.9 Å². The molecule has 3 N–H and O–H groups in total. The van der Waals surface area contributed by atoms with E-state index < -0.39 is 0 Å². The fourth-order valence-corrected chi connectivity index (χ4v) is 4.01. The molecule has 2 aliphatic rings. The molecule has 0 aliphatic carbocycles. The minimum atomic E-state index is -0.0456. The first kappa shape index (κ1) is 21.0. The fourth-order valence-electron chi connectivity index (χ4n) is 3.81. The fraction of sp³-hybridized carbons (Fsp3) is 0.524. The number of nitrogens with zero attached hydrogens (tertiary/aromatic N) is 3. The largest absolute Gasteiger partial charge is 0.381 e. The zero-order valence-electron chi connectivity index (χ0n) is 16.9. The van der Waals surface area contributed by atoms with Crippen molar-refractivity contribution in [3.05, 3.63) is 29.7 Å². The Morgan fingerprint density at radius 1 is 1.23 bits per heavy atom. The van der Waals surface area contributed by atoms with Gasteiger partial charge in [0.25, 0.3) is 0 Å². The third kappa shape index (κ3) is 5.44. The standard InChI is InChI=1S/C21H27ClN6O2/c22-17-10-26-19(28-21(29)15-4-1-5-23-9-15)7-16(17)18-11-24-12-20(27-18)25-8-14-3-2-6-30-13-14/h7,10-12,14-15,23H,1-6,8-9,13H2,(H,25,27)(H,26,28,29)/t14?,15-/m0/s1. The number of carbonyl (C=O) groups is 1. The molecule has 2 saturated heterocycles. The highest BCUT2D eigenvalue weighted by Gasteiger charge is 2.21. The maximum Gasteiger partial charge on any atom is 0.229 e. The number of ether oxygens (including phenoxy) is 1. The van der Waals surface area contributed by atoms with Gasteiger partial charge in [-0.25, -0.2) is 9.97 Å². The molecule has 1 amide bonds. The molecule has 160 valence electrons. The minimum absolute atomic E-state index is 0.0285. The van der Waals surface area contributed by atoms with Crippen molar-refractivity contribution in [1.29, 1.82) is 0 Å². The third-order valence-corrected chi connectivity index (χ3v) is 5.81. The van der Waals surface area contributed by atoms with E-state index >= 15 is 0 Å². The number of aromatic nitrogens is 3. The molecule has 9 heteroatoms. The summed E-state index contributed by atoms with van der Waals surface area (Å²) in [5.41, 5.74) is 1.31. The highest BCUT2D eigenvalue weighted by Crippen LogP contribution is 2.28. The van der Waals surface area contributed by atoms with Crippen LogP contribution in [-0.4, -0.2) is 53.7 Å². The summed E-state index contributed by atoms with van der Waals surface area (Å²) in [6, 6.07) is 1.75. The predicted octanol–water partition coefficient (Wildman–Crippen LogP) is 2.97. The summed E-state index contributed by atoms with van der Waals surface area (Å²) < 4.78 is 5.53. The summed E-state index contributed by atoms with van der Waals surface area (Å²) in [4.78, 5) is 25.7. The third-order valence-electron chi connectivity index (χ3n) is 5.51. The number of rotatable bonds is 6. The summed E-state index contributed by atoms with van der Waals surface area (Å²) in [6.07, 6.45) is 9.01. The van der Waals surface area contributed by atoms with Crippen LogP contribution in [0.1, 0.15) is 25.7 Å². The lowest BCUT2D eigenvalue weighted by molar-refractivity contribution is -0.120. The molecule has 2 aromatic rings. The van der Waals surface area contributed by atoms with Crippen LogP contribution in [0.4, 0.5) is 11.6 Å². The average molecular weight is 431 g/mol. The number of nitrogens with one attached hydrogen (secondary N) is 3. The molecule has 0 bridgehead atoms. The van der Waals surface area contributed by atoms with Crippen LogP contribution in [0, 0.1) is 11.8 Å². The van der Waals surface area contributed by atoms with Crippen molar-refractivity contribution in [2.75, 3.05) is 43.5 Å². The molecule has 2 fully saturated rings. The Bertz CT molecular complexity index is 868. The zero-order chi connectivity index (χ0) is 20.8. The van der Waals surface area contributed by atoms with Crippen LogP contribution < -0.4 is 16.0 Å². The maximum absolute atomic E-state index is 12.5. The summed E-state index contributed by atoms with van der Waals surface area (Å²) in [5.74, 6) is 1.55. The SMILES string of the molecule is O=C(Nc1cc(-c2cncc(NCC3CCCOC3)n2)c(Cl)cn1)[C@H]1CCCNC1. The summed E-state index contributed by atoms with van der Waals surface area (Å²) in [5, 5.41) is 9.96. The first-order chi connectivity index (χ1) is 14.7. The Labute approximate surface area is 181 Å². The molecule has 0 spiro atoms. The van der Waals surface area contributed by atoms with Crippen LogP contribution in [0.3, 0.4) is 0 Å². The van der Waals surface area contributed by atoms with Crippen molar-refractivity contribution in [3.63, 3.8) is 0 Å². The lowest BCUT2D eigenvalue weighted by Crippen LogP contribution is -2.37. The molecule has 0 saturated carbocycles. The molecule has 2 atom stereocenters. The monoisotopic (exact) mass is 430 g/mol. The number of amides is 1. The highest BCUT2D eigenvalue weighted by molar-refractivity contribution is 6.33. The van der Waals surface area contributed by atoms with E-state index in [1.54, 1.807) is 18.5 Å². The van der Waals surface area contributed by atoms with Gasteiger partial charge in [0.1, 0.15) is 11.6 Å². The molecule has 1 unspecified atom stereocenters. The van der Waals surface area contributed by atoms with E-state index in [1.165, 1.54) is 6.20 Å². The first-order valence-corrected chi connectivity index (χ1v) is 10.9. The Kier molecular flexibility index (Phi) is 7.09. The van der Waals surface area contributed by atoms with Crippen molar-refractivity contribution in [2.24, 2.45) is 11.8 Å². The van der Waals surface area contributed by atoms with Crippen LogP contribution in [0.2, 0.25) is 5.02 Å². The molecule has 30 heavy (non-hydrogen) atoms. The van der Waals surface area contributed by atoms with Crippen molar-refractivity contribution in [2.45, 2.75) is 25.7 Å². The first-order valence-electron chi connectivity index (χ1n) is 10.5. The summed E-state index contributed by atoms with van der Waals surface area (Å²) in [7, 11) is 0. The lowest BCUT2D eigenvalue weighted by atomic mass is 9.99. The topological polar surface area (TPSA) is 101 Å². The molecule has 2 aromatic heterocycles. The van der Waals surface area contributed by atoms with Gasteiger partial charge in [0.2, 0.25) is 5.91 Å². The number of hydrogen-bond acceptors (Lipinski definition) is 7. The van der Waals surface area contributed by atoms with E-state index in [1.807, 2.05) is 0 Å². The second-order valence-electron chi connectivity index (χ2n) is 7.84. The average Bonchev–Trinajstić information content (AvgIpc) is 2.80. The van der Waals surface area contributed by atoms with E-state index in [9.17, 15) is 4.79 Å². The van der Waals surface area contributed by atoms with Crippen molar-refractivity contribution >= 4 is 29.1 Å². The van der Waals surface area contributed by atoms with E-state index in [0.717, 1.165) is 52.0 Å². The Morgan fingerprint density at radius 2 is 2.17 bits per heavy atom. The Morgan fingerprint density at radius 3 is 2.97 bits per heavy atom. The summed E-state index contributed by atoms with van der Waals surface area (Å²) >= 11 is 6.38. The quantitative estimate of drug-likeness (QED) is 0.647. The van der Waals surface area contributed by atoms with Gasteiger partial charge in [0.05, 0.1) is 35.6 Å². The molecule has 8 nitrogen and oxygen atoms in total. The number of halogens is 1. The van der Waals surface area contributed by atoms with Gasteiger partial charge in [-0.1, -0.05) is 11.6 Å². The van der Waals surface area contributed by atoms with Gasteiger partial charge in [-0.15, -0.1) is 0 Å². The van der Waals surface area contributed by atoms with Gasteiger partial charge in [0, 0.05) is 31.5 Å². The second kappa shape index (κ2) is 10.1. The maximum atomic E-state index is 12.5. The smallest absolute Gasteiger partial charge is 0.229 e. The van der Waals surface area contributed by atoms with Gasteiger partial charge >= 0.3 is 0 Å². The van der Waals surface area contributed by atoms with Gasteiger partial charge < -0.3 is 20.7 Å². The Balaban J connectivity index is 1.45. The molecular formula is C21H27ClN6O2. The molecule has 0 aromatic carbocycles. The molecule has 2 aliphatic heterocycles. The molecule has 0 radical (unpaired) electrons. The lowest BCUT2D eigenvalue weighted by Gasteiger charge is -2.22. The zero-order valence-corrected chi connectivity index (χ0v) is 17.6. The van der Waals surface area contributed by atoms with Crippen LogP contribution in [-0.2, 0) is 9.53 Å². The molecule has 4 heterocycles. The number of piperidine rings is 1. The van der Waals surface area contributed by atoms with E-state index in [4.69, 9.17) is 16.3 Å². The van der Waals surface area contributed by atoms with Crippen molar-refractivity contribution < 1.29 is 9.53 Å². The Hall–Kier alpha value is -2.29. The summed E-state index contributed by atoms with van der Waals surface area (Å²) in [6.45, 7) is 4.07. The van der Waals surface area contributed by atoms with E-state index in [-0.39, 0.29) is 11.8 Å². The van der Waals surface area contributed by atoms with Gasteiger partial charge in [-0.05, 0) is 44.2 Å².